The van der Waals surface area contributed by atoms with Crippen LogP contribution in [-0.4, -0.2) is 27.0 Å². The molecule has 1 aliphatic rings. The van der Waals surface area contributed by atoms with Gasteiger partial charge in [-0.05, 0) is 30.3 Å². The predicted octanol–water partition coefficient (Wildman–Crippen LogP) is 4.54. The van der Waals surface area contributed by atoms with Crippen LogP contribution in [0.2, 0.25) is 0 Å². The molecule has 8 heteroatoms. The lowest BCUT2D eigenvalue weighted by atomic mass is 10.1. The first-order chi connectivity index (χ1) is 13.7. The monoisotopic (exact) mass is 377 g/mol. The number of rotatable bonds is 2. The first kappa shape index (κ1) is 16.4. The van der Waals surface area contributed by atoms with Gasteiger partial charge in [-0.1, -0.05) is 0 Å². The molecule has 2 N–H and O–H groups in total. The molecular weight excluding hydrogens is 364 g/mol. The summed E-state index contributed by atoms with van der Waals surface area (Å²) in [6.07, 6.45) is 4.99. The van der Waals surface area contributed by atoms with E-state index in [9.17, 15) is 8.78 Å². The molecule has 5 rings (SSSR count). The lowest BCUT2D eigenvalue weighted by Gasteiger charge is -2.09. The fraction of sp³-hybridized carbons (Fsp3) is 0.0500. The number of H-pyrrole nitrogens is 1. The molecule has 0 bridgehead atoms. The van der Waals surface area contributed by atoms with Crippen molar-refractivity contribution in [2.24, 2.45) is 0 Å². The number of aromatic amines is 1. The molecule has 4 aromatic rings. The maximum absolute atomic E-state index is 14.6. The second-order valence-electron chi connectivity index (χ2n) is 6.19. The van der Waals surface area contributed by atoms with Crippen molar-refractivity contribution in [2.75, 3.05) is 12.4 Å². The third kappa shape index (κ3) is 2.34. The van der Waals surface area contributed by atoms with Gasteiger partial charge >= 0.3 is 0 Å². The van der Waals surface area contributed by atoms with Gasteiger partial charge in [-0.2, -0.15) is 0 Å². The minimum Gasteiger partial charge on any atom is -0.496 e. The van der Waals surface area contributed by atoms with E-state index in [1.54, 1.807) is 24.7 Å². The standard InChI is InChI=1S/C20H13F2N5O/c1-28-14-5-4-12(21)16(22)15(14)20-26-17-10-6-8-23-9-13(10)25-19-11(18(17)27-20)3-2-7-24-19/h2-9H,1H3,(H,24,25)(H,26,27). The van der Waals surface area contributed by atoms with Crippen LogP contribution in [0, 0.1) is 11.6 Å². The molecule has 138 valence electrons. The van der Waals surface area contributed by atoms with Gasteiger partial charge in [0.15, 0.2) is 11.6 Å². The average Bonchev–Trinajstić information content (AvgIpc) is 3.10. The summed E-state index contributed by atoms with van der Waals surface area (Å²) in [6.45, 7) is 0. The Balaban J connectivity index is 1.83. The van der Waals surface area contributed by atoms with Crippen LogP contribution in [0.15, 0.2) is 48.9 Å². The number of nitrogens with zero attached hydrogens (tertiary/aromatic N) is 3. The van der Waals surface area contributed by atoms with Gasteiger partial charge in [0.1, 0.15) is 23.1 Å². The van der Waals surface area contributed by atoms with Gasteiger partial charge in [0.25, 0.3) is 0 Å². The number of benzene rings is 1. The number of nitrogens with one attached hydrogen (secondary N) is 2. The number of halogens is 2. The molecule has 0 amide bonds. The number of imidazole rings is 1. The third-order valence-electron chi connectivity index (χ3n) is 4.62. The Morgan fingerprint density at radius 1 is 1.04 bits per heavy atom. The van der Waals surface area contributed by atoms with Gasteiger partial charge in [-0.25, -0.2) is 18.7 Å². The smallest absolute Gasteiger partial charge is 0.173 e. The zero-order chi connectivity index (χ0) is 19.3. The predicted molar refractivity (Wildman–Crippen MR) is 100 cm³/mol. The zero-order valence-electron chi connectivity index (χ0n) is 14.6. The van der Waals surface area contributed by atoms with Crippen LogP contribution < -0.4 is 10.1 Å². The minimum absolute atomic E-state index is 0.0652. The summed E-state index contributed by atoms with van der Waals surface area (Å²) in [6, 6.07) is 7.85. The highest BCUT2D eigenvalue weighted by molar-refractivity contribution is 5.95. The molecule has 0 radical (unpaired) electrons. The number of pyridine rings is 2. The summed E-state index contributed by atoms with van der Waals surface area (Å²) in [4.78, 5) is 16.2. The van der Waals surface area contributed by atoms with E-state index >= 15 is 0 Å². The molecule has 1 aromatic carbocycles. The van der Waals surface area contributed by atoms with E-state index < -0.39 is 11.6 Å². The fourth-order valence-corrected chi connectivity index (χ4v) is 3.34. The molecule has 0 spiro atoms. The molecule has 1 aliphatic heterocycles. The Morgan fingerprint density at radius 3 is 2.79 bits per heavy atom. The summed E-state index contributed by atoms with van der Waals surface area (Å²) in [5.41, 5.74) is 3.40. The molecule has 0 saturated heterocycles. The molecule has 4 heterocycles. The van der Waals surface area contributed by atoms with Gasteiger partial charge in [0.05, 0.1) is 30.3 Å². The summed E-state index contributed by atoms with van der Waals surface area (Å²) < 4.78 is 33.8. The second-order valence-corrected chi connectivity index (χ2v) is 6.19. The Kier molecular flexibility index (Phi) is 3.58. The van der Waals surface area contributed by atoms with Crippen molar-refractivity contribution in [2.45, 2.75) is 0 Å². The van der Waals surface area contributed by atoms with E-state index in [2.05, 4.69) is 25.3 Å². The lowest BCUT2D eigenvalue weighted by molar-refractivity contribution is 0.408. The highest BCUT2D eigenvalue weighted by atomic mass is 19.2. The van der Waals surface area contributed by atoms with E-state index in [4.69, 9.17) is 4.74 Å². The highest BCUT2D eigenvalue weighted by Crippen LogP contribution is 2.44. The van der Waals surface area contributed by atoms with Gasteiger partial charge in [-0.15, -0.1) is 0 Å². The fourth-order valence-electron chi connectivity index (χ4n) is 3.34. The molecule has 0 fully saturated rings. The van der Waals surface area contributed by atoms with Crippen LogP contribution in [0.5, 0.6) is 5.75 Å². The molecule has 6 nitrogen and oxygen atoms in total. The molecule has 0 atom stereocenters. The highest BCUT2D eigenvalue weighted by Gasteiger charge is 2.26. The van der Waals surface area contributed by atoms with Gasteiger partial charge in [0.2, 0.25) is 0 Å². The van der Waals surface area contributed by atoms with Gasteiger partial charge < -0.3 is 15.0 Å². The number of ether oxygens (including phenoxy) is 1. The molecule has 0 aliphatic carbocycles. The molecule has 0 saturated carbocycles. The van der Waals surface area contributed by atoms with Crippen molar-refractivity contribution < 1.29 is 13.5 Å². The third-order valence-corrected chi connectivity index (χ3v) is 4.62. The quantitative estimate of drug-likeness (QED) is 0.472. The number of hydrogen-bond donors (Lipinski definition) is 2. The Labute approximate surface area is 158 Å². The SMILES string of the molecule is COc1ccc(F)c(F)c1-c1nc2c([nH]1)-c1ccncc1Nc1ncccc1-2. The van der Waals surface area contributed by atoms with Crippen molar-refractivity contribution in [3.05, 3.63) is 60.6 Å². The molecule has 28 heavy (non-hydrogen) atoms. The molecular formula is C20H13F2N5O. The maximum atomic E-state index is 14.6. The van der Waals surface area contributed by atoms with Gasteiger partial charge in [-0.3, -0.25) is 4.98 Å². The van der Waals surface area contributed by atoms with E-state index in [1.165, 1.54) is 13.2 Å². The van der Waals surface area contributed by atoms with E-state index in [0.717, 1.165) is 22.9 Å². The van der Waals surface area contributed by atoms with Crippen molar-refractivity contribution in [3.8, 4) is 39.7 Å². The van der Waals surface area contributed by atoms with Crippen LogP contribution in [0.3, 0.4) is 0 Å². The first-order valence-electron chi connectivity index (χ1n) is 8.46. The number of hydrogen-bond acceptors (Lipinski definition) is 5. The Bertz CT molecular complexity index is 1160. The Morgan fingerprint density at radius 2 is 1.93 bits per heavy atom. The number of aromatic nitrogens is 4. The maximum Gasteiger partial charge on any atom is 0.173 e. The summed E-state index contributed by atoms with van der Waals surface area (Å²) in [5, 5.41) is 3.25. The van der Waals surface area contributed by atoms with Gasteiger partial charge in [0, 0.05) is 23.5 Å². The Hall–Kier alpha value is -3.81. The first-order valence-corrected chi connectivity index (χ1v) is 8.46. The lowest BCUT2D eigenvalue weighted by Crippen LogP contribution is -1.98. The van der Waals surface area contributed by atoms with Crippen LogP contribution in [0.1, 0.15) is 0 Å². The van der Waals surface area contributed by atoms with Crippen molar-refractivity contribution in [3.63, 3.8) is 0 Å². The topological polar surface area (TPSA) is 75.7 Å². The van der Waals surface area contributed by atoms with Crippen molar-refractivity contribution >= 4 is 11.5 Å². The van der Waals surface area contributed by atoms with Crippen LogP contribution >= 0.6 is 0 Å². The minimum atomic E-state index is -1.03. The van der Waals surface area contributed by atoms with E-state index in [-0.39, 0.29) is 17.1 Å². The number of fused-ring (bicyclic) bond motifs is 5. The molecule has 3 aromatic heterocycles. The number of methoxy groups -OCH3 is 1. The van der Waals surface area contributed by atoms with E-state index in [0.29, 0.717) is 17.2 Å². The van der Waals surface area contributed by atoms with Crippen LogP contribution in [0.4, 0.5) is 20.3 Å². The molecule has 0 unspecified atom stereocenters. The van der Waals surface area contributed by atoms with Crippen LogP contribution in [0.25, 0.3) is 33.9 Å². The van der Waals surface area contributed by atoms with E-state index in [1.807, 2.05) is 12.1 Å². The zero-order valence-corrected chi connectivity index (χ0v) is 14.6. The summed E-state index contributed by atoms with van der Waals surface area (Å²) in [7, 11) is 1.40. The van der Waals surface area contributed by atoms with Crippen LogP contribution in [-0.2, 0) is 0 Å². The number of anilines is 2. The normalized spacial score (nSPS) is 11.7. The van der Waals surface area contributed by atoms with Crippen molar-refractivity contribution in [1.82, 2.24) is 19.9 Å². The summed E-state index contributed by atoms with van der Waals surface area (Å²) in [5.74, 6) is -1.06. The second kappa shape index (κ2) is 6.12. The average molecular weight is 377 g/mol. The largest absolute Gasteiger partial charge is 0.496 e. The van der Waals surface area contributed by atoms with Crippen molar-refractivity contribution in [1.29, 1.82) is 0 Å². The summed E-state index contributed by atoms with van der Waals surface area (Å²) >= 11 is 0.